The molecule has 2 atom stereocenters. The van der Waals surface area contributed by atoms with Crippen molar-refractivity contribution >= 4 is 11.9 Å². The van der Waals surface area contributed by atoms with Crippen LogP contribution in [0, 0.1) is 11.8 Å². The first-order valence-electron chi connectivity index (χ1n) is 4.70. The lowest BCUT2D eigenvalue weighted by atomic mass is 9.80. The molecule has 0 spiro atoms. The largest absolute Gasteiger partial charge is 0.481 e. The van der Waals surface area contributed by atoms with Gasteiger partial charge in [0.15, 0.2) is 0 Å². The van der Waals surface area contributed by atoms with Crippen LogP contribution in [0.4, 0.5) is 0 Å². The first kappa shape index (κ1) is 10.8. The number of allylic oxidation sites excluding steroid dienone is 2. The summed E-state index contributed by atoms with van der Waals surface area (Å²) in [7, 11) is 0. The van der Waals surface area contributed by atoms with Crippen molar-refractivity contribution in [3.63, 3.8) is 0 Å². The molecule has 0 saturated heterocycles. The first-order chi connectivity index (χ1) is 6.59. The molecule has 2 N–H and O–H groups in total. The Morgan fingerprint density at radius 1 is 1.21 bits per heavy atom. The van der Waals surface area contributed by atoms with Crippen LogP contribution in [0.5, 0.6) is 0 Å². The summed E-state index contributed by atoms with van der Waals surface area (Å²) < 4.78 is 0. The molecular formula is C10H14O4. The van der Waals surface area contributed by atoms with Crippen LogP contribution in [0.25, 0.3) is 0 Å². The number of carboxylic acids is 2. The van der Waals surface area contributed by atoms with E-state index in [4.69, 9.17) is 10.2 Å². The Hall–Kier alpha value is -1.32. The van der Waals surface area contributed by atoms with Crippen LogP contribution in [0.3, 0.4) is 0 Å². The van der Waals surface area contributed by atoms with Crippen LogP contribution >= 0.6 is 0 Å². The Labute approximate surface area is 82.2 Å². The van der Waals surface area contributed by atoms with E-state index in [1.54, 1.807) is 0 Å². The van der Waals surface area contributed by atoms with Gasteiger partial charge in [-0.15, -0.1) is 0 Å². The van der Waals surface area contributed by atoms with Crippen molar-refractivity contribution in [2.75, 3.05) is 0 Å². The quantitative estimate of drug-likeness (QED) is 0.671. The third-order valence-electron chi connectivity index (χ3n) is 2.54. The zero-order valence-corrected chi connectivity index (χ0v) is 7.85. The van der Waals surface area contributed by atoms with E-state index in [-0.39, 0.29) is 24.7 Å². The van der Waals surface area contributed by atoms with Crippen LogP contribution in [-0.4, -0.2) is 22.2 Å². The Morgan fingerprint density at radius 3 is 2.43 bits per heavy atom. The lowest BCUT2D eigenvalue weighted by molar-refractivity contribution is -0.141. The van der Waals surface area contributed by atoms with Gasteiger partial charge in [0.25, 0.3) is 0 Å². The lowest BCUT2D eigenvalue weighted by Crippen LogP contribution is -2.21. The van der Waals surface area contributed by atoms with Crippen LogP contribution in [-0.2, 0) is 9.59 Å². The van der Waals surface area contributed by atoms with Crippen molar-refractivity contribution < 1.29 is 19.8 Å². The maximum absolute atomic E-state index is 10.5. The Balaban J connectivity index is 2.57. The molecule has 1 rings (SSSR count). The predicted octanol–water partition coefficient (Wildman–Crippen LogP) is 1.52. The standard InChI is InChI=1S/C10H14O4/c11-9(12)5-7-3-1-2-4-8(7)6-10(13)14/h1,3,7-8H,2,4-6H2,(H,11,12)(H,13,14). The number of aliphatic carboxylic acids is 2. The molecule has 0 aromatic rings. The minimum absolute atomic E-state index is 0.0198. The van der Waals surface area contributed by atoms with Crippen molar-refractivity contribution in [1.29, 1.82) is 0 Å². The minimum atomic E-state index is -0.864. The van der Waals surface area contributed by atoms with Crippen molar-refractivity contribution in [3.8, 4) is 0 Å². The average Bonchev–Trinajstić information content (AvgIpc) is 2.06. The van der Waals surface area contributed by atoms with Gasteiger partial charge in [-0.2, -0.15) is 0 Å². The Bertz CT molecular complexity index is 257. The second-order valence-corrected chi connectivity index (χ2v) is 3.63. The number of carboxylic acid groups (broad SMARTS) is 2. The van der Waals surface area contributed by atoms with Crippen LogP contribution in [0.2, 0.25) is 0 Å². The third kappa shape index (κ3) is 3.20. The van der Waals surface area contributed by atoms with Gasteiger partial charge in [-0.3, -0.25) is 9.59 Å². The van der Waals surface area contributed by atoms with Gasteiger partial charge < -0.3 is 10.2 Å². The summed E-state index contributed by atoms with van der Waals surface area (Å²) in [5.41, 5.74) is 0. The molecule has 4 heteroatoms. The predicted molar refractivity (Wildman–Crippen MR) is 49.9 cm³/mol. The molecule has 0 saturated carbocycles. The summed E-state index contributed by atoms with van der Waals surface area (Å²) in [5.74, 6) is -1.84. The molecular weight excluding hydrogens is 184 g/mol. The van der Waals surface area contributed by atoms with Gasteiger partial charge >= 0.3 is 11.9 Å². The summed E-state index contributed by atoms with van der Waals surface area (Å²) in [5, 5.41) is 17.3. The van der Waals surface area contributed by atoms with E-state index >= 15 is 0 Å². The lowest BCUT2D eigenvalue weighted by Gasteiger charge is -2.24. The second-order valence-electron chi connectivity index (χ2n) is 3.63. The summed E-state index contributed by atoms with van der Waals surface area (Å²) >= 11 is 0. The van der Waals surface area contributed by atoms with E-state index in [1.807, 2.05) is 12.2 Å². The van der Waals surface area contributed by atoms with Gasteiger partial charge in [-0.05, 0) is 24.7 Å². The van der Waals surface area contributed by atoms with Crippen LogP contribution < -0.4 is 0 Å². The van der Waals surface area contributed by atoms with Crippen molar-refractivity contribution in [2.45, 2.75) is 25.7 Å². The van der Waals surface area contributed by atoms with Crippen molar-refractivity contribution in [2.24, 2.45) is 11.8 Å². The molecule has 0 bridgehead atoms. The van der Waals surface area contributed by atoms with E-state index < -0.39 is 11.9 Å². The van der Waals surface area contributed by atoms with Gasteiger partial charge in [0.2, 0.25) is 0 Å². The molecule has 0 amide bonds. The summed E-state index contributed by atoms with van der Waals surface area (Å²) in [4.78, 5) is 21.0. The molecule has 0 heterocycles. The van der Waals surface area contributed by atoms with Gasteiger partial charge in [-0.1, -0.05) is 12.2 Å². The molecule has 2 unspecified atom stereocenters. The molecule has 0 aromatic carbocycles. The molecule has 1 aliphatic carbocycles. The average molecular weight is 198 g/mol. The fourth-order valence-corrected chi connectivity index (χ4v) is 1.87. The maximum atomic E-state index is 10.5. The molecule has 4 nitrogen and oxygen atoms in total. The number of carbonyl (C=O) groups is 2. The van der Waals surface area contributed by atoms with E-state index in [1.165, 1.54) is 0 Å². The van der Waals surface area contributed by atoms with Crippen molar-refractivity contribution in [1.82, 2.24) is 0 Å². The molecule has 0 fully saturated rings. The Kier molecular flexibility index (Phi) is 3.68. The highest BCUT2D eigenvalue weighted by atomic mass is 16.4. The monoisotopic (exact) mass is 198 g/mol. The van der Waals surface area contributed by atoms with E-state index in [0.29, 0.717) is 0 Å². The summed E-state index contributed by atoms with van der Waals surface area (Å²) in [6.07, 6.45) is 5.52. The van der Waals surface area contributed by atoms with E-state index in [9.17, 15) is 9.59 Å². The van der Waals surface area contributed by atoms with Gasteiger partial charge in [0.05, 0.1) is 6.42 Å². The molecule has 14 heavy (non-hydrogen) atoms. The van der Waals surface area contributed by atoms with E-state index in [2.05, 4.69) is 0 Å². The summed E-state index contributed by atoms with van der Waals surface area (Å²) in [6, 6.07) is 0. The molecule has 78 valence electrons. The number of rotatable bonds is 4. The fraction of sp³-hybridized carbons (Fsp3) is 0.600. The van der Waals surface area contributed by atoms with E-state index in [0.717, 1.165) is 12.8 Å². The van der Waals surface area contributed by atoms with Gasteiger partial charge in [0.1, 0.15) is 0 Å². The zero-order valence-electron chi connectivity index (χ0n) is 7.85. The zero-order chi connectivity index (χ0) is 10.6. The topological polar surface area (TPSA) is 74.6 Å². The first-order valence-corrected chi connectivity index (χ1v) is 4.70. The fourth-order valence-electron chi connectivity index (χ4n) is 1.87. The Morgan fingerprint density at radius 2 is 1.86 bits per heavy atom. The van der Waals surface area contributed by atoms with Gasteiger partial charge in [-0.25, -0.2) is 0 Å². The van der Waals surface area contributed by atoms with Gasteiger partial charge in [0, 0.05) is 6.42 Å². The normalized spacial score (nSPS) is 26.0. The summed E-state index contributed by atoms with van der Waals surface area (Å²) in [6.45, 7) is 0. The minimum Gasteiger partial charge on any atom is -0.481 e. The molecule has 0 aliphatic heterocycles. The molecule has 0 radical (unpaired) electrons. The third-order valence-corrected chi connectivity index (χ3v) is 2.54. The molecule has 0 aromatic heterocycles. The highest BCUT2D eigenvalue weighted by molar-refractivity contribution is 5.69. The molecule has 1 aliphatic rings. The smallest absolute Gasteiger partial charge is 0.303 e. The van der Waals surface area contributed by atoms with Crippen molar-refractivity contribution in [3.05, 3.63) is 12.2 Å². The number of hydrogen-bond acceptors (Lipinski definition) is 2. The maximum Gasteiger partial charge on any atom is 0.303 e. The van der Waals surface area contributed by atoms with Crippen LogP contribution in [0.15, 0.2) is 12.2 Å². The SMILES string of the molecule is O=C(O)CC1C=CCCC1CC(=O)O. The second kappa shape index (κ2) is 4.79. The highest BCUT2D eigenvalue weighted by Crippen LogP contribution is 2.29. The highest BCUT2D eigenvalue weighted by Gasteiger charge is 2.25. The number of hydrogen-bond donors (Lipinski definition) is 2. The van der Waals surface area contributed by atoms with Crippen LogP contribution in [0.1, 0.15) is 25.7 Å².